The van der Waals surface area contributed by atoms with Crippen molar-refractivity contribution in [2.24, 2.45) is 0 Å². The van der Waals surface area contributed by atoms with Gasteiger partial charge in [0.25, 0.3) is 0 Å². The van der Waals surface area contributed by atoms with Gasteiger partial charge in [-0.1, -0.05) is 74.7 Å². The molecule has 0 radical (unpaired) electrons. The molecule has 4 rings (SSSR count). The summed E-state index contributed by atoms with van der Waals surface area (Å²) in [6, 6.07) is 18.3. The average molecular weight is 665 g/mol. The Morgan fingerprint density at radius 3 is 1.10 bits per heavy atom. The Morgan fingerprint density at radius 1 is 0.488 bits per heavy atom. The summed E-state index contributed by atoms with van der Waals surface area (Å²) >= 11 is 0. The zero-order valence-corrected chi connectivity index (χ0v) is 33.4. The van der Waals surface area contributed by atoms with Gasteiger partial charge in [-0.3, -0.25) is 4.79 Å². The lowest BCUT2D eigenvalue weighted by Crippen LogP contribution is -2.64. The van der Waals surface area contributed by atoms with Crippen LogP contribution < -0.4 is 0 Å². The molecule has 0 bridgehead atoms. The molecule has 0 amide bonds. The molecule has 2 aromatic carbocycles. The number of fused-ring (bicyclic) bond motifs is 2. The fourth-order valence-electron chi connectivity index (χ4n) is 6.12. The topological polar surface area (TPSA) is 63.2 Å². The van der Waals surface area contributed by atoms with Crippen LogP contribution in [0.5, 0.6) is 0 Å². The molecule has 0 atom stereocenters. The van der Waals surface area contributed by atoms with E-state index >= 15 is 0 Å². The van der Waals surface area contributed by atoms with E-state index in [9.17, 15) is 4.79 Å². The summed E-state index contributed by atoms with van der Waals surface area (Å²) in [6.45, 7) is 26.0. The molecule has 2 heterocycles. The van der Waals surface area contributed by atoms with Crippen molar-refractivity contribution in [3.63, 3.8) is 0 Å². The molecule has 2 aromatic rings. The van der Waals surface area contributed by atoms with Crippen molar-refractivity contribution in [1.29, 1.82) is 0 Å². The largest absolute Gasteiger partial charge is 0.416 e. The van der Waals surface area contributed by atoms with Crippen molar-refractivity contribution < 1.29 is 26.0 Å². The predicted molar refractivity (Wildman–Crippen MR) is 184 cm³/mol. The molecule has 2 aliphatic rings. The monoisotopic (exact) mass is 664 g/mol. The van der Waals surface area contributed by atoms with Gasteiger partial charge in [0.2, 0.25) is 0 Å². The van der Waals surface area contributed by atoms with E-state index in [0.29, 0.717) is 0 Å². The van der Waals surface area contributed by atoms with Gasteiger partial charge in [-0.2, -0.15) is 0 Å². The van der Waals surface area contributed by atoms with Crippen molar-refractivity contribution in [2.75, 3.05) is 12.5 Å². The van der Waals surface area contributed by atoms with Gasteiger partial charge < -0.3 is 21.2 Å². The summed E-state index contributed by atoms with van der Waals surface area (Å²) in [7, 11) is -11.6. The molecule has 0 saturated carbocycles. The van der Waals surface area contributed by atoms with Gasteiger partial charge in [0.1, 0.15) is 0 Å². The summed E-state index contributed by atoms with van der Waals surface area (Å²) in [5.41, 5.74) is 4.10. The van der Waals surface area contributed by atoms with Crippen LogP contribution in [0.15, 0.2) is 48.5 Å². The maximum Gasteiger partial charge on any atom is 0.314 e. The highest BCUT2D eigenvalue weighted by Gasteiger charge is 2.50. The second-order valence-corrected chi connectivity index (χ2v) is 39.2. The Bertz CT molecular complexity index is 1090. The first-order valence-electron chi connectivity index (χ1n) is 14.7. The highest BCUT2D eigenvalue weighted by Crippen LogP contribution is 2.30. The number of rotatable bonds is 0. The summed E-state index contributed by atoms with van der Waals surface area (Å²) in [4.78, 5) is 13.4. The van der Waals surface area contributed by atoms with Crippen LogP contribution in [0.4, 0.5) is 0 Å². The summed E-state index contributed by atoms with van der Waals surface area (Å²) in [5.74, 6) is 0.183. The van der Waals surface area contributed by atoms with Crippen LogP contribution in [-0.2, 0) is 33.3 Å². The Morgan fingerprint density at radius 2 is 0.780 bits per heavy atom. The van der Waals surface area contributed by atoms with E-state index in [1.807, 2.05) is 36.4 Å². The van der Waals surface area contributed by atoms with E-state index in [1.54, 1.807) is 0 Å². The summed E-state index contributed by atoms with van der Waals surface area (Å²) < 4.78 is 30.9. The fraction of sp³-hybridized carbons (Fsp3) is 0.552. The number of benzene rings is 2. The zero-order chi connectivity index (χ0) is 30.9. The molecule has 1 fully saturated rings. The van der Waals surface area contributed by atoms with E-state index in [4.69, 9.17) is 21.2 Å². The minimum Gasteiger partial charge on any atom is -0.416 e. The Balaban J connectivity index is 0.000000250. The number of hydrogen-bond acceptors (Lipinski definition) is 6. The number of ketones is 1. The molecule has 0 spiro atoms. The zero-order valence-electron chi connectivity index (χ0n) is 27.4. The number of ether oxygens (including phenoxy) is 1. The second-order valence-electron chi connectivity index (χ2n) is 14.8. The normalized spacial score (nSPS) is 24.4. The molecule has 41 heavy (non-hydrogen) atoms. The van der Waals surface area contributed by atoms with Gasteiger partial charge in [0.05, 0.1) is 16.1 Å². The second kappa shape index (κ2) is 12.7. The van der Waals surface area contributed by atoms with Crippen molar-refractivity contribution >= 4 is 56.2 Å². The first-order valence-corrected chi connectivity index (χ1v) is 32.8. The smallest absolute Gasteiger partial charge is 0.314 e. The van der Waals surface area contributed by atoms with E-state index in [2.05, 4.69) is 90.7 Å². The quantitative estimate of drug-likeness (QED) is 0.272. The maximum absolute atomic E-state index is 13.4. The fourth-order valence-corrected chi connectivity index (χ4v) is 31.6. The van der Waals surface area contributed by atoms with Gasteiger partial charge in [0.15, 0.2) is 5.78 Å². The molecule has 2 aliphatic heterocycles. The number of carbonyl (C=O) groups is 1. The number of carbonyl (C=O) groups excluding carboxylic acids is 1. The van der Waals surface area contributed by atoms with E-state index < -0.39 is 50.4 Å². The van der Waals surface area contributed by atoms with Gasteiger partial charge in [-0.25, -0.2) is 0 Å². The van der Waals surface area contributed by atoms with Crippen LogP contribution in [0, 0.1) is 0 Å². The van der Waals surface area contributed by atoms with Gasteiger partial charge in [-0.15, -0.1) is 0 Å². The Hall–Kier alpha value is -0.789. The van der Waals surface area contributed by atoms with Gasteiger partial charge >= 0.3 is 34.2 Å². The van der Waals surface area contributed by atoms with Crippen LogP contribution in [0.2, 0.25) is 78.6 Å². The molecule has 228 valence electrons. The molecule has 0 unspecified atom stereocenters. The lowest BCUT2D eigenvalue weighted by atomic mass is 9.96. The third-order valence-corrected chi connectivity index (χ3v) is 27.2. The van der Waals surface area contributed by atoms with E-state index in [-0.39, 0.29) is 5.78 Å². The standard InChI is InChI=1S/C21H28O2Si2.C8H24O4Si4/c1-24(2)13-17-9-5-7-11-19(17)21(22)20-12-8-6-10-18(20)14-25(3,4)16-23-15-24;1-13(2)9-14(3,4)11-16(7,8)12-15(5,6)10-13/h5-12H,13-16H2,1-4H3;1-8H3. The molecule has 12 heteroatoms. The Kier molecular flexibility index (Phi) is 10.7. The summed E-state index contributed by atoms with van der Waals surface area (Å²) in [5, 5.41) is 0. The lowest BCUT2D eigenvalue weighted by Gasteiger charge is -2.46. The molecule has 0 N–H and O–H groups in total. The minimum atomic E-state index is -2.11. The molecule has 0 aromatic heterocycles. The Labute approximate surface area is 255 Å². The predicted octanol–water partition coefficient (Wildman–Crippen LogP) is 7.48. The van der Waals surface area contributed by atoms with Crippen molar-refractivity contribution in [2.45, 2.75) is 90.7 Å². The first kappa shape index (κ1) is 34.7. The van der Waals surface area contributed by atoms with E-state index in [0.717, 1.165) is 35.7 Å². The van der Waals surface area contributed by atoms with Crippen LogP contribution in [0.3, 0.4) is 0 Å². The third kappa shape index (κ3) is 10.7. The van der Waals surface area contributed by atoms with Crippen LogP contribution in [0.1, 0.15) is 27.0 Å². The summed E-state index contributed by atoms with van der Waals surface area (Å²) in [6.07, 6.45) is 1.74. The van der Waals surface area contributed by atoms with Crippen molar-refractivity contribution in [3.05, 3.63) is 70.8 Å². The third-order valence-electron chi connectivity index (χ3n) is 6.81. The van der Waals surface area contributed by atoms with Gasteiger partial charge in [0, 0.05) is 23.6 Å². The molecular weight excluding hydrogens is 613 g/mol. The lowest BCUT2D eigenvalue weighted by molar-refractivity contribution is 0.103. The molecule has 0 aliphatic carbocycles. The van der Waals surface area contributed by atoms with Crippen LogP contribution in [-0.4, -0.2) is 68.6 Å². The first-order chi connectivity index (χ1) is 18.6. The maximum atomic E-state index is 13.4. The molecular formula is C29H52O6Si6. The SMILES string of the molecule is C[Si]1(C)COC[Si](C)(C)Cc2ccccc2C(=O)c2ccccc2C1.C[Si]1(C)O[Si](C)(C)O[Si](C)(C)O[Si](C)(C)O1. The van der Waals surface area contributed by atoms with Crippen molar-refractivity contribution in [3.8, 4) is 0 Å². The molecule has 6 nitrogen and oxygen atoms in total. The number of hydrogen-bond donors (Lipinski definition) is 0. The van der Waals surface area contributed by atoms with Crippen molar-refractivity contribution in [1.82, 2.24) is 0 Å². The molecule has 1 saturated heterocycles. The van der Waals surface area contributed by atoms with Crippen LogP contribution >= 0.6 is 0 Å². The average Bonchev–Trinajstić information content (AvgIpc) is 2.74. The highest BCUT2D eigenvalue weighted by atomic mass is 28.5. The highest BCUT2D eigenvalue weighted by molar-refractivity contribution is 6.92. The van der Waals surface area contributed by atoms with E-state index in [1.165, 1.54) is 11.1 Å². The minimum absolute atomic E-state index is 0.183. The van der Waals surface area contributed by atoms with Crippen LogP contribution in [0.25, 0.3) is 0 Å². The van der Waals surface area contributed by atoms with Gasteiger partial charge in [-0.05, 0) is 75.6 Å².